The second-order valence-electron chi connectivity index (χ2n) is 3.19. The second-order valence-corrected chi connectivity index (χ2v) is 4.11. The molecule has 0 saturated heterocycles. The highest BCUT2D eigenvalue weighted by atomic mass is 79.9. The molecule has 0 unspecified atom stereocenters. The first kappa shape index (κ1) is 11.5. The van der Waals surface area contributed by atoms with Gasteiger partial charge >= 0.3 is 0 Å². The van der Waals surface area contributed by atoms with Crippen molar-refractivity contribution in [1.82, 2.24) is 0 Å². The lowest BCUT2D eigenvalue weighted by atomic mass is 10.0. The predicted molar refractivity (Wildman–Crippen MR) is 59.3 cm³/mol. The van der Waals surface area contributed by atoms with Crippen LogP contribution in [0.5, 0.6) is 5.75 Å². The van der Waals surface area contributed by atoms with Crippen LogP contribution in [0.1, 0.15) is 18.5 Å². The Morgan fingerprint density at radius 3 is 2.57 bits per heavy atom. The number of halogens is 1. The molecule has 3 N–H and O–H groups in total. The largest absolute Gasteiger partial charge is 0.497 e. The molecule has 0 aromatic heterocycles. The Bertz CT molecular complexity index is 315. The molecule has 0 aliphatic rings. The predicted octanol–water partition coefficient (Wildman–Crippen LogP) is 1.84. The summed E-state index contributed by atoms with van der Waals surface area (Å²) in [5, 5.41) is 9.35. The van der Waals surface area contributed by atoms with E-state index in [1.165, 1.54) is 0 Å². The van der Waals surface area contributed by atoms with Crippen LogP contribution in [0.2, 0.25) is 0 Å². The topological polar surface area (TPSA) is 55.5 Å². The lowest BCUT2D eigenvalue weighted by molar-refractivity contribution is 0.164. The maximum Gasteiger partial charge on any atom is 0.120 e. The summed E-state index contributed by atoms with van der Waals surface area (Å²) >= 11 is 3.35. The van der Waals surface area contributed by atoms with Crippen molar-refractivity contribution in [3.05, 3.63) is 28.2 Å². The number of nitrogens with two attached hydrogens (primary N) is 1. The normalized spacial score (nSPS) is 14.9. The zero-order chi connectivity index (χ0) is 10.7. The van der Waals surface area contributed by atoms with E-state index in [1.54, 1.807) is 14.0 Å². The molecule has 0 aliphatic carbocycles. The zero-order valence-electron chi connectivity index (χ0n) is 8.20. The standard InChI is InChI=1S/C10H14BrNO2/c1-6(13)10(12)7-3-8(11)5-9(4-7)14-2/h3-6,10,13H,12H2,1-2H3/t6-,10-/m1/s1. The van der Waals surface area contributed by atoms with Crippen molar-refractivity contribution in [2.24, 2.45) is 5.73 Å². The molecule has 0 spiro atoms. The van der Waals surface area contributed by atoms with E-state index in [1.807, 2.05) is 18.2 Å². The number of ether oxygens (including phenoxy) is 1. The van der Waals surface area contributed by atoms with Gasteiger partial charge < -0.3 is 15.6 Å². The highest BCUT2D eigenvalue weighted by Gasteiger charge is 2.13. The number of benzene rings is 1. The van der Waals surface area contributed by atoms with Gasteiger partial charge in [-0.2, -0.15) is 0 Å². The van der Waals surface area contributed by atoms with Crippen LogP contribution in [0, 0.1) is 0 Å². The zero-order valence-corrected chi connectivity index (χ0v) is 9.78. The Hall–Kier alpha value is -0.580. The molecule has 0 aliphatic heterocycles. The third kappa shape index (κ3) is 2.70. The Morgan fingerprint density at radius 1 is 1.43 bits per heavy atom. The number of rotatable bonds is 3. The quantitative estimate of drug-likeness (QED) is 0.871. The van der Waals surface area contributed by atoms with Crippen molar-refractivity contribution in [1.29, 1.82) is 0 Å². The van der Waals surface area contributed by atoms with E-state index >= 15 is 0 Å². The van der Waals surface area contributed by atoms with E-state index in [-0.39, 0.29) is 6.04 Å². The summed E-state index contributed by atoms with van der Waals surface area (Å²) in [5.41, 5.74) is 6.66. The van der Waals surface area contributed by atoms with Crippen molar-refractivity contribution in [2.45, 2.75) is 19.1 Å². The van der Waals surface area contributed by atoms with Crippen LogP contribution in [0.3, 0.4) is 0 Å². The Kier molecular flexibility index (Phi) is 3.92. The number of methoxy groups -OCH3 is 1. The summed E-state index contributed by atoms with van der Waals surface area (Å²) < 4.78 is 5.99. The molecule has 0 heterocycles. The number of aliphatic hydroxyl groups is 1. The van der Waals surface area contributed by atoms with Crippen LogP contribution in [-0.4, -0.2) is 18.3 Å². The smallest absolute Gasteiger partial charge is 0.120 e. The molecular formula is C10H14BrNO2. The number of aliphatic hydroxyl groups excluding tert-OH is 1. The summed E-state index contributed by atoms with van der Waals surface area (Å²) in [5.74, 6) is 0.727. The molecule has 1 aromatic carbocycles. The minimum atomic E-state index is -0.575. The minimum absolute atomic E-state index is 0.388. The van der Waals surface area contributed by atoms with Gasteiger partial charge in [0.25, 0.3) is 0 Å². The summed E-state index contributed by atoms with van der Waals surface area (Å²) in [7, 11) is 1.60. The molecule has 2 atom stereocenters. The van der Waals surface area contributed by atoms with Gasteiger partial charge in [0.05, 0.1) is 19.3 Å². The third-order valence-corrected chi connectivity index (χ3v) is 2.49. The monoisotopic (exact) mass is 259 g/mol. The minimum Gasteiger partial charge on any atom is -0.497 e. The van der Waals surface area contributed by atoms with Crippen LogP contribution in [-0.2, 0) is 0 Å². The van der Waals surface area contributed by atoms with Gasteiger partial charge in [-0.25, -0.2) is 0 Å². The molecule has 3 nitrogen and oxygen atoms in total. The van der Waals surface area contributed by atoms with Crippen LogP contribution in [0.15, 0.2) is 22.7 Å². The molecule has 0 saturated carbocycles. The fourth-order valence-corrected chi connectivity index (χ4v) is 1.66. The van der Waals surface area contributed by atoms with Gasteiger partial charge in [-0.3, -0.25) is 0 Å². The average molecular weight is 260 g/mol. The second kappa shape index (κ2) is 4.77. The summed E-state index contributed by atoms with van der Waals surface area (Å²) in [6.45, 7) is 1.66. The SMILES string of the molecule is COc1cc(Br)cc([C@H](N)[C@@H](C)O)c1. The van der Waals surface area contributed by atoms with Gasteiger partial charge in [0, 0.05) is 4.47 Å². The van der Waals surface area contributed by atoms with Gasteiger partial charge in [0.1, 0.15) is 5.75 Å². The van der Waals surface area contributed by atoms with Crippen LogP contribution >= 0.6 is 15.9 Å². The van der Waals surface area contributed by atoms with Crippen molar-refractivity contribution in [3.8, 4) is 5.75 Å². The molecule has 4 heteroatoms. The van der Waals surface area contributed by atoms with Gasteiger partial charge in [-0.15, -0.1) is 0 Å². The fourth-order valence-electron chi connectivity index (χ4n) is 1.17. The van der Waals surface area contributed by atoms with E-state index in [0.717, 1.165) is 15.8 Å². The Balaban J connectivity index is 3.02. The average Bonchev–Trinajstić information content (AvgIpc) is 2.15. The molecule has 0 bridgehead atoms. The maximum atomic E-state index is 9.35. The first-order valence-corrected chi connectivity index (χ1v) is 5.12. The summed E-state index contributed by atoms with van der Waals surface area (Å²) in [6.07, 6.45) is -0.575. The molecule has 0 fully saturated rings. The first-order valence-electron chi connectivity index (χ1n) is 4.32. The molecule has 0 amide bonds. The van der Waals surface area contributed by atoms with Gasteiger partial charge in [0.2, 0.25) is 0 Å². The molecule has 14 heavy (non-hydrogen) atoms. The number of hydrogen-bond donors (Lipinski definition) is 2. The Labute approximate surface area is 92.0 Å². The lowest BCUT2D eigenvalue weighted by Gasteiger charge is -2.16. The van der Waals surface area contributed by atoms with E-state index in [2.05, 4.69) is 15.9 Å². The van der Waals surface area contributed by atoms with E-state index in [9.17, 15) is 5.11 Å². The molecule has 78 valence electrons. The van der Waals surface area contributed by atoms with Gasteiger partial charge in [-0.05, 0) is 30.7 Å². The van der Waals surface area contributed by atoms with Crippen molar-refractivity contribution in [3.63, 3.8) is 0 Å². The molecule has 0 radical (unpaired) electrons. The highest BCUT2D eigenvalue weighted by Crippen LogP contribution is 2.25. The maximum absolute atomic E-state index is 9.35. The van der Waals surface area contributed by atoms with Crippen molar-refractivity contribution < 1.29 is 9.84 Å². The first-order chi connectivity index (χ1) is 6.54. The molecule has 1 aromatic rings. The van der Waals surface area contributed by atoms with Crippen molar-refractivity contribution >= 4 is 15.9 Å². The van der Waals surface area contributed by atoms with E-state index in [0.29, 0.717) is 0 Å². The van der Waals surface area contributed by atoms with Crippen LogP contribution in [0.25, 0.3) is 0 Å². The Morgan fingerprint density at radius 2 is 2.07 bits per heavy atom. The van der Waals surface area contributed by atoms with Crippen LogP contribution < -0.4 is 10.5 Å². The van der Waals surface area contributed by atoms with E-state index in [4.69, 9.17) is 10.5 Å². The van der Waals surface area contributed by atoms with Crippen LogP contribution in [0.4, 0.5) is 0 Å². The highest BCUT2D eigenvalue weighted by molar-refractivity contribution is 9.10. The van der Waals surface area contributed by atoms with Gasteiger partial charge in [0.15, 0.2) is 0 Å². The fraction of sp³-hybridized carbons (Fsp3) is 0.400. The summed E-state index contributed by atoms with van der Waals surface area (Å²) in [4.78, 5) is 0. The molecular weight excluding hydrogens is 246 g/mol. The number of hydrogen-bond acceptors (Lipinski definition) is 3. The third-order valence-electron chi connectivity index (χ3n) is 2.03. The summed E-state index contributed by atoms with van der Waals surface area (Å²) in [6, 6.07) is 5.15. The lowest BCUT2D eigenvalue weighted by Crippen LogP contribution is -2.23. The van der Waals surface area contributed by atoms with E-state index < -0.39 is 6.10 Å². The van der Waals surface area contributed by atoms with Crippen molar-refractivity contribution in [2.75, 3.05) is 7.11 Å². The molecule has 1 rings (SSSR count). The van der Waals surface area contributed by atoms with Gasteiger partial charge in [-0.1, -0.05) is 15.9 Å².